The number of amides is 1. The van der Waals surface area contributed by atoms with Crippen LogP contribution in [0.1, 0.15) is 42.6 Å². The Labute approximate surface area is 105 Å². The lowest BCUT2D eigenvalue weighted by atomic mass is 10.0. The van der Waals surface area contributed by atoms with Crippen LogP contribution in [0.3, 0.4) is 0 Å². The highest BCUT2D eigenvalue weighted by Crippen LogP contribution is 2.23. The molecule has 18 heavy (non-hydrogen) atoms. The second-order valence-corrected chi connectivity index (χ2v) is 4.09. The number of nitrogens with one attached hydrogen (secondary N) is 1. The van der Waals surface area contributed by atoms with Crippen LogP contribution < -0.4 is 5.32 Å². The fraction of sp³-hybridized carbons (Fsp3) is 0.385. The van der Waals surface area contributed by atoms with Crippen LogP contribution in [0.4, 0.5) is 10.1 Å². The Morgan fingerprint density at radius 3 is 2.56 bits per heavy atom. The van der Waals surface area contributed by atoms with Crippen molar-refractivity contribution in [1.29, 1.82) is 0 Å². The fourth-order valence-corrected chi connectivity index (χ4v) is 1.69. The summed E-state index contributed by atoms with van der Waals surface area (Å²) in [5.41, 5.74) is 0.203. The molecule has 2 N–H and O–H groups in total. The molecule has 0 fully saturated rings. The van der Waals surface area contributed by atoms with E-state index in [-0.39, 0.29) is 5.69 Å². The molecule has 98 valence electrons. The predicted octanol–water partition coefficient (Wildman–Crippen LogP) is 2.82. The Bertz CT molecular complexity index is 472. The van der Waals surface area contributed by atoms with Gasteiger partial charge in [-0.3, -0.25) is 4.79 Å². The SMILES string of the molecule is CCCCc1cc(F)c(C(=O)O)c(NC(C)=O)c1. The van der Waals surface area contributed by atoms with Crippen molar-refractivity contribution in [3.8, 4) is 0 Å². The number of hydrogen-bond donors (Lipinski definition) is 2. The lowest BCUT2D eigenvalue weighted by Gasteiger charge is -2.10. The summed E-state index contributed by atoms with van der Waals surface area (Å²) < 4.78 is 13.7. The molecule has 4 nitrogen and oxygen atoms in total. The molecule has 0 aromatic heterocycles. The van der Waals surface area contributed by atoms with E-state index in [1.165, 1.54) is 19.1 Å². The summed E-state index contributed by atoms with van der Waals surface area (Å²) in [7, 11) is 0. The van der Waals surface area contributed by atoms with E-state index in [0.717, 1.165) is 12.8 Å². The zero-order valence-corrected chi connectivity index (χ0v) is 10.4. The first-order valence-electron chi connectivity index (χ1n) is 5.79. The molecule has 0 aliphatic heterocycles. The fourth-order valence-electron chi connectivity index (χ4n) is 1.69. The molecular formula is C13H16FNO3. The van der Waals surface area contributed by atoms with E-state index in [0.29, 0.717) is 12.0 Å². The summed E-state index contributed by atoms with van der Waals surface area (Å²) >= 11 is 0. The molecule has 0 heterocycles. The number of aromatic carboxylic acids is 1. The number of unbranched alkanes of at least 4 members (excludes halogenated alkanes) is 1. The standard InChI is InChI=1S/C13H16FNO3/c1-3-4-5-9-6-10(14)12(13(17)18)11(7-9)15-8(2)16/h6-7H,3-5H2,1-2H3,(H,15,16)(H,17,18). The summed E-state index contributed by atoms with van der Waals surface area (Å²) in [4.78, 5) is 22.0. The highest BCUT2D eigenvalue weighted by molar-refractivity contribution is 6.00. The van der Waals surface area contributed by atoms with Crippen molar-refractivity contribution in [3.05, 3.63) is 29.1 Å². The van der Waals surface area contributed by atoms with Gasteiger partial charge >= 0.3 is 5.97 Å². The maximum absolute atomic E-state index is 13.7. The minimum Gasteiger partial charge on any atom is -0.478 e. The molecule has 0 bridgehead atoms. The van der Waals surface area contributed by atoms with Crippen LogP contribution in [0.5, 0.6) is 0 Å². The largest absolute Gasteiger partial charge is 0.478 e. The molecule has 1 aromatic carbocycles. The molecule has 0 aliphatic carbocycles. The third-order valence-electron chi connectivity index (χ3n) is 2.49. The van der Waals surface area contributed by atoms with Gasteiger partial charge in [0, 0.05) is 6.92 Å². The predicted molar refractivity (Wildman–Crippen MR) is 66.3 cm³/mol. The number of carbonyl (C=O) groups excluding carboxylic acids is 1. The van der Waals surface area contributed by atoms with Crippen LogP contribution in [0.25, 0.3) is 0 Å². The number of carboxylic acid groups (broad SMARTS) is 1. The van der Waals surface area contributed by atoms with Crippen molar-refractivity contribution in [2.24, 2.45) is 0 Å². The average Bonchev–Trinajstić information content (AvgIpc) is 2.24. The summed E-state index contributed by atoms with van der Waals surface area (Å²) in [5.74, 6) is -2.64. The minimum atomic E-state index is -1.39. The zero-order valence-electron chi connectivity index (χ0n) is 10.4. The van der Waals surface area contributed by atoms with Gasteiger partial charge in [-0.05, 0) is 30.5 Å². The summed E-state index contributed by atoms with van der Waals surface area (Å²) in [5, 5.41) is 11.3. The van der Waals surface area contributed by atoms with Crippen molar-refractivity contribution < 1.29 is 19.1 Å². The third kappa shape index (κ3) is 3.55. The van der Waals surface area contributed by atoms with E-state index >= 15 is 0 Å². The molecule has 0 spiro atoms. The van der Waals surface area contributed by atoms with E-state index in [1.807, 2.05) is 6.92 Å². The van der Waals surface area contributed by atoms with Gasteiger partial charge in [0.15, 0.2) is 0 Å². The van der Waals surface area contributed by atoms with Gasteiger partial charge in [0.1, 0.15) is 11.4 Å². The van der Waals surface area contributed by atoms with E-state index in [1.54, 1.807) is 0 Å². The zero-order chi connectivity index (χ0) is 13.7. The van der Waals surface area contributed by atoms with Crippen LogP contribution in [0.2, 0.25) is 0 Å². The Balaban J connectivity index is 3.18. The first-order chi connectivity index (χ1) is 8.45. The second-order valence-electron chi connectivity index (χ2n) is 4.09. The van der Waals surface area contributed by atoms with Gasteiger partial charge in [0.05, 0.1) is 5.69 Å². The number of carbonyl (C=O) groups is 2. The van der Waals surface area contributed by atoms with Gasteiger partial charge in [0.25, 0.3) is 0 Å². The number of hydrogen-bond acceptors (Lipinski definition) is 2. The van der Waals surface area contributed by atoms with Crippen molar-refractivity contribution in [3.63, 3.8) is 0 Å². The number of carboxylic acids is 1. The summed E-state index contributed by atoms with van der Waals surface area (Å²) in [6, 6.07) is 2.73. The quantitative estimate of drug-likeness (QED) is 0.847. The van der Waals surface area contributed by atoms with Crippen molar-refractivity contribution in [2.75, 3.05) is 5.32 Å². The first kappa shape index (κ1) is 14.2. The van der Waals surface area contributed by atoms with Crippen LogP contribution in [-0.2, 0) is 11.2 Å². The van der Waals surface area contributed by atoms with Gasteiger partial charge in [-0.2, -0.15) is 0 Å². The van der Waals surface area contributed by atoms with Gasteiger partial charge in [-0.25, -0.2) is 9.18 Å². The smallest absolute Gasteiger partial charge is 0.340 e. The van der Waals surface area contributed by atoms with Gasteiger partial charge in [-0.1, -0.05) is 13.3 Å². The number of benzene rings is 1. The van der Waals surface area contributed by atoms with Crippen molar-refractivity contribution in [1.82, 2.24) is 0 Å². The molecule has 1 amide bonds. The van der Waals surface area contributed by atoms with Crippen molar-refractivity contribution in [2.45, 2.75) is 33.1 Å². The van der Waals surface area contributed by atoms with E-state index in [9.17, 15) is 14.0 Å². The highest BCUT2D eigenvalue weighted by Gasteiger charge is 2.18. The number of aryl methyl sites for hydroxylation is 1. The van der Waals surface area contributed by atoms with Crippen LogP contribution in [-0.4, -0.2) is 17.0 Å². The minimum absolute atomic E-state index is 0.0149. The molecule has 5 heteroatoms. The van der Waals surface area contributed by atoms with Gasteiger partial charge < -0.3 is 10.4 Å². The van der Waals surface area contributed by atoms with E-state index in [2.05, 4.69) is 5.32 Å². The second kappa shape index (κ2) is 6.14. The third-order valence-corrected chi connectivity index (χ3v) is 2.49. The molecule has 0 radical (unpaired) electrons. The normalized spacial score (nSPS) is 10.2. The number of anilines is 1. The van der Waals surface area contributed by atoms with E-state index < -0.39 is 23.3 Å². The first-order valence-corrected chi connectivity index (χ1v) is 5.79. The molecular weight excluding hydrogens is 237 g/mol. The molecule has 0 aliphatic rings. The van der Waals surface area contributed by atoms with Crippen LogP contribution in [0.15, 0.2) is 12.1 Å². The van der Waals surface area contributed by atoms with Crippen LogP contribution >= 0.6 is 0 Å². The molecule has 1 aromatic rings. The molecule has 0 saturated carbocycles. The monoisotopic (exact) mass is 253 g/mol. The maximum atomic E-state index is 13.7. The molecule has 0 atom stereocenters. The Morgan fingerprint density at radius 2 is 2.06 bits per heavy atom. The topological polar surface area (TPSA) is 66.4 Å². The molecule has 0 saturated heterocycles. The number of rotatable bonds is 5. The lowest BCUT2D eigenvalue weighted by Crippen LogP contribution is -2.13. The molecule has 1 rings (SSSR count). The highest BCUT2D eigenvalue weighted by atomic mass is 19.1. The van der Waals surface area contributed by atoms with E-state index in [4.69, 9.17) is 5.11 Å². The number of halogens is 1. The maximum Gasteiger partial charge on any atom is 0.340 e. The van der Waals surface area contributed by atoms with Gasteiger partial charge in [0.2, 0.25) is 5.91 Å². The lowest BCUT2D eigenvalue weighted by molar-refractivity contribution is -0.114. The average molecular weight is 253 g/mol. The van der Waals surface area contributed by atoms with Crippen molar-refractivity contribution >= 4 is 17.6 Å². The van der Waals surface area contributed by atoms with Gasteiger partial charge in [-0.15, -0.1) is 0 Å². The molecule has 0 unspecified atom stereocenters. The Hall–Kier alpha value is -1.91. The Morgan fingerprint density at radius 1 is 1.39 bits per heavy atom. The summed E-state index contributed by atoms with van der Waals surface area (Å²) in [6.07, 6.45) is 2.49. The summed E-state index contributed by atoms with van der Waals surface area (Å²) in [6.45, 7) is 3.26. The van der Waals surface area contributed by atoms with Crippen LogP contribution in [0, 0.1) is 5.82 Å². The Kier molecular flexibility index (Phi) is 4.83.